The second-order valence-corrected chi connectivity index (χ2v) is 8.10. The summed E-state index contributed by atoms with van der Waals surface area (Å²) >= 11 is 3.40. The van der Waals surface area contributed by atoms with Gasteiger partial charge in [0.05, 0.1) is 19.7 Å². The van der Waals surface area contributed by atoms with Crippen molar-refractivity contribution in [2.45, 2.75) is 32.9 Å². The highest BCUT2D eigenvalue weighted by Gasteiger charge is 2.21. The standard InChI is InChI=1S/C23H30BrN3O2/c1-5-25-14-21(16(2)3)27-22(18-7-6-8-20(13-18)29-4)15-26-23(28)17-9-11-19(24)12-10-17/h5-13,16,21-22,27H,14-15H2,1-4H3,(H,26,28)/t21-,22?/m1/s1. The largest absolute Gasteiger partial charge is 0.497 e. The molecule has 5 nitrogen and oxygen atoms in total. The molecule has 2 aromatic carbocycles. The number of hydrogen-bond acceptors (Lipinski definition) is 4. The fourth-order valence-electron chi connectivity index (χ4n) is 2.96. The second-order valence-electron chi connectivity index (χ2n) is 7.19. The summed E-state index contributed by atoms with van der Waals surface area (Å²) in [4.78, 5) is 17.0. The van der Waals surface area contributed by atoms with Gasteiger partial charge in [-0.2, -0.15) is 0 Å². The number of carbonyl (C=O) groups is 1. The summed E-state index contributed by atoms with van der Waals surface area (Å²) in [6, 6.07) is 15.4. The molecule has 0 saturated carbocycles. The van der Waals surface area contributed by atoms with Crippen LogP contribution >= 0.6 is 15.9 Å². The van der Waals surface area contributed by atoms with Gasteiger partial charge in [-0.15, -0.1) is 0 Å². The van der Waals surface area contributed by atoms with Crippen LogP contribution in [0.5, 0.6) is 5.75 Å². The molecule has 2 N–H and O–H groups in total. The average Bonchev–Trinajstić information content (AvgIpc) is 2.73. The Morgan fingerprint density at radius 1 is 1.21 bits per heavy atom. The number of nitrogens with one attached hydrogen (secondary N) is 2. The van der Waals surface area contributed by atoms with E-state index in [1.165, 1.54) is 0 Å². The van der Waals surface area contributed by atoms with Crippen LogP contribution in [0, 0.1) is 5.92 Å². The Bertz CT molecular complexity index is 806. The number of amides is 1. The molecule has 2 atom stereocenters. The highest BCUT2D eigenvalue weighted by atomic mass is 79.9. The molecule has 0 bridgehead atoms. The van der Waals surface area contributed by atoms with Gasteiger partial charge < -0.3 is 15.4 Å². The van der Waals surface area contributed by atoms with Crippen LogP contribution in [0.1, 0.15) is 42.7 Å². The van der Waals surface area contributed by atoms with Crippen molar-refractivity contribution in [3.63, 3.8) is 0 Å². The summed E-state index contributed by atoms with van der Waals surface area (Å²) in [6.45, 7) is 7.42. The van der Waals surface area contributed by atoms with Crippen LogP contribution in [-0.2, 0) is 0 Å². The van der Waals surface area contributed by atoms with E-state index >= 15 is 0 Å². The van der Waals surface area contributed by atoms with Gasteiger partial charge in [0.15, 0.2) is 0 Å². The first-order valence-corrected chi connectivity index (χ1v) is 10.6. The number of nitrogens with zero attached hydrogens (tertiary/aromatic N) is 1. The molecular formula is C23H30BrN3O2. The zero-order valence-electron chi connectivity index (χ0n) is 17.5. The lowest BCUT2D eigenvalue weighted by atomic mass is 10.00. The fraction of sp³-hybridized carbons (Fsp3) is 0.391. The van der Waals surface area contributed by atoms with Crippen LogP contribution in [-0.4, -0.2) is 38.4 Å². The number of benzene rings is 2. The molecule has 0 heterocycles. The minimum atomic E-state index is -0.0973. The lowest BCUT2D eigenvalue weighted by Gasteiger charge is -2.28. The molecule has 0 aliphatic heterocycles. The summed E-state index contributed by atoms with van der Waals surface area (Å²) in [7, 11) is 1.66. The number of rotatable bonds is 10. The molecule has 0 fully saturated rings. The minimum absolute atomic E-state index is 0.0658. The summed E-state index contributed by atoms with van der Waals surface area (Å²) in [5.41, 5.74) is 1.69. The third-order valence-corrected chi connectivity index (χ3v) is 5.30. The Kier molecular flexibility index (Phi) is 9.35. The molecule has 0 aliphatic rings. The zero-order chi connectivity index (χ0) is 21.2. The van der Waals surface area contributed by atoms with Crippen LogP contribution in [0.2, 0.25) is 0 Å². The van der Waals surface area contributed by atoms with E-state index in [0.29, 0.717) is 24.6 Å². The predicted molar refractivity (Wildman–Crippen MR) is 123 cm³/mol. The number of aliphatic imine (C=N–C) groups is 1. The van der Waals surface area contributed by atoms with Crippen molar-refractivity contribution in [1.82, 2.24) is 10.6 Å². The number of carbonyl (C=O) groups excluding carboxylic acids is 1. The second kappa shape index (κ2) is 11.7. The van der Waals surface area contributed by atoms with Crippen molar-refractivity contribution in [2.24, 2.45) is 10.9 Å². The van der Waals surface area contributed by atoms with Gasteiger partial charge in [0.2, 0.25) is 0 Å². The minimum Gasteiger partial charge on any atom is -0.497 e. The molecule has 0 aromatic heterocycles. The highest BCUT2D eigenvalue weighted by molar-refractivity contribution is 9.10. The third kappa shape index (κ3) is 7.29. The summed E-state index contributed by atoms with van der Waals surface area (Å²) < 4.78 is 6.33. The topological polar surface area (TPSA) is 62.7 Å². The summed E-state index contributed by atoms with van der Waals surface area (Å²) in [5, 5.41) is 6.74. The maximum atomic E-state index is 12.6. The quantitative estimate of drug-likeness (QED) is 0.508. The molecule has 1 unspecified atom stereocenters. The van der Waals surface area contributed by atoms with Crippen molar-refractivity contribution < 1.29 is 9.53 Å². The van der Waals surface area contributed by atoms with E-state index in [2.05, 4.69) is 45.4 Å². The molecule has 1 amide bonds. The van der Waals surface area contributed by atoms with Gasteiger partial charge in [-0.25, -0.2) is 0 Å². The number of hydrogen-bond donors (Lipinski definition) is 2. The van der Waals surface area contributed by atoms with Crippen LogP contribution in [0.4, 0.5) is 0 Å². The lowest BCUT2D eigenvalue weighted by molar-refractivity contribution is 0.0948. The molecule has 0 saturated heterocycles. The van der Waals surface area contributed by atoms with E-state index in [4.69, 9.17) is 4.74 Å². The zero-order valence-corrected chi connectivity index (χ0v) is 19.1. The van der Waals surface area contributed by atoms with Gasteiger partial charge in [0, 0.05) is 22.6 Å². The Balaban J connectivity index is 2.18. The first-order valence-electron chi connectivity index (χ1n) is 9.82. The van der Waals surface area contributed by atoms with E-state index in [0.717, 1.165) is 15.8 Å². The number of ether oxygens (including phenoxy) is 1. The normalized spacial score (nSPS) is 13.4. The Hall–Kier alpha value is -2.18. The number of halogens is 1. The first kappa shape index (κ1) is 23.1. The van der Waals surface area contributed by atoms with Crippen molar-refractivity contribution in [3.05, 3.63) is 64.1 Å². The summed E-state index contributed by atoms with van der Waals surface area (Å²) in [5.74, 6) is 1.09. The molecule has 2 rings (SSSR count). The van der Waals surface area contributed by atoms with Crippen LogP contribution < -0.4 is 15.4 Å². The molecule has 2 aromatic rings. The summed E-state index contributed by atoms with van der Waals surface area (Å²) in [6.07, 6.45) is 1.83. The molecule has 29 heavy (non-hydrogen) atoms. The maximum absolute atomic E-state index is 12.6. The maximum Gasteiger partial charge on any atom is 0.251 e. The van der Waals surface area contributed by atoms with Crippen LogP contribution in [0.15, 0.2) is 58.0 Å². The smallest absolute Gasteiger partial charge is 0.251 e. The van der Waals surface area contributed by atoms with Crippen molar-refractivity contribution in [1.29, 1.82) is 0 Å². The fourth-order valence-corrected chi connectivity index (χ4v) is 3.23. The molecule has 0 spiro atoms. The van der Waals surface area contributed by atoms with E-state index < -0.39 is 0 Å². The monoisotopic (exact) mass is 459 g/mol. The van der Waals surface area contributed by atoms with Crippen LogP contribution in [0.3, 0.4) is 0 Å². The van der Waals surface area contributed by atoms with Crippen LogP contribution in [0.25, 0.3) is 0 Å². The van der Waals surface area contributed by atoms with E-state index in [-0.39, 0.29) is 18.0 Å². The Labute approximate surface area is 182 Å². The number of methoxy groups -OCH3 is 1. The van der Waals surface area contributed by atoms with Crippen molar-refractivity contribution in [3.8, 4) is 5.75 Å². The van der Waals surface area contributed by atoms with Gasteiger partial charge in [0.1, 0.15) is 5.75 Å². The molecule has 0 aliphatic carbocycles. The van der Waals surface area contributed by atoms with E-state index in [9.17, 15) is 4.79 Å². The van der Waals surface area contributed by atoms with Gasteiger partial charge in [0.25, 0.3) is 5.91 Å². The Morgan fingerprint density at radius 3 is 2.55 bits per heavy atom. The van der Waals surface area contributed by atoms with Crippen molar-refractivity contribution in [2.75, 3.05) is 20.2 Å². The lowest BCUT2D eigenvalue weighted by Crippen LogP contribution is -2.43. The Morgan fingerprint density at radius 2 is 1.93 bits per heavy atom. The molecule has 156 valence electrons. The molecule has 6 heteroatoms. The van der Waals surface area contributed by atoms with Gasteiger partial charge >= 0.3 is 0 Å². The highest BCUT2D eigenvalue weighted by Crippen LogP contribution is 2.21. The first-order chi connectivity index (χ1) is 13.9. The van der Waals surface area contributed by atoms with E-state index in [1.54, 1.807) is 19.2 Å². The predicted octanol–water partition coefficient (Wildman–Crippen LogP) is 4.63. The average molecular weight is 460 g/mol. The van der Waals surface area contributed by atoms with Gasteiger partial charge in [-0.1, -0.05) is 41.9 Å². The van der Waals surface area contributed by atoms with E-state index in [1.807, 2.05) is 49.5 Å². The van der Waals surface area contributed by atoms with Gasteiger partial charge in [-0.05, 0) is 61.0 Å². The van der Waals surface area contributed by atoms with Crippen molar-refractivity contribution >= 4 is 28.1 Å². The SMILES string of the molecule is CC=NC[C@@H](NC(CNC(=O)c1ccc(Br)cc1)c1cccc(OC)c1)C(C)C. The molecule has 0 radical (unpaired) electrons. The van der Waals surface area contributed by atoms with Gasteiger partial charge in [-0.3, -0.25) is 9.79 Å². The third-order valence-electron chi connectivity index (χ3n) is 4.77. The molecular weight excluding hydrogens is 430 g/mol.